The number of nitrogens with one attached hydrogen (secondary N) is 1. The molecule has 2 aromatic rings. The second-order valence-corrected chi connectivity index (χ2v) is 5.55. The first-order chi connectivity index (χ1) is 10.1. The molecule has 2 unspecified atom stereocenters. The van der Waals surface area contributed by atoms with Gasteiger partial charge in [-0.25, -0.2) is 9.99 Å². The predicted octanol–water partition coefficient (Wildman–Crippen LogP) is 1.70. The van der Waals surface area contributed by atoms with Crippen LogP contribution in [0.15, 0.2) is 12.7 Å². The van der Waals surface area contributed by atoms with Gasteiger partial charge in [0.25, 0.3) is 5.95 Å². The fourth-order valence-corrected chi connectivity index (χ4v) is 2.72. The molecule has 1 aliphatic rings. The van der Waals surface area contributed by atoms with Crippen LogP contribution in [0.3, 0.4) is 0 Å². The third-order valence-electron chi connectivity index (χ3n) is 3.64. The summed E-state index contributed by atoms with van der Waals surface area (Å²) in [5, 5.41) is 6.29. The number of aromatic nitrogens is 6. The zero-order valence-corrected chi connectivity index (χ0v) is 12.7. The Morgan fingerprint density at radius 1 is 1.19 bits per heavy atom. The molecule has 1 aliphatic heterocycles. The number of halogens is 1. The zero-order valence-electron chi connectivity index (χ0n) is 11.9. The first-order valence-electron chi connectivity index (χ1n) is 6.95. The maximum absolute atomic E-state index is 5.98. The average Bonchev–Trinajstić information content (AvgIpc) is 2.97. The van der Waals surface area contributed by atoms with Crippen LogP contribution in [0.2, 0.25) is 5.28 Å². The standard InChI is InChI=1S/C12H17ClN8/c1-8-4-3-5-9(2)21(8)19-11-16-10(13)17-12(18-11)20-7-14-6-15-20/h6-9H,3-5H2,1-2H3,(H,16,17,18,19). The lowest BCUT2D eigenvalue weighted by molar-refractivity contribution is 0.134. The van der Waals surface area contributed by atoms with Crippen LogP contribution in [-0.2, 0) is 0 Å². The number of piperidine rings is 1. The molecule has 0 saturated carbocycles. The van der Waals surface area contributed by atoms with Crippen LogP contribution in [-0.4, -0.2) is 46.8 Å². The largest absolute Gasteiger partial charge is 0.286 e. The van der Waals surface area contributed by atoms with Crippen molar-refractivity contribution in [2.75, 3.05) is 5.43 Å². The van der Waals surface area contributed by atoms with Crippen molar-refractivity contribution < 1.29 is 0 Å². The molecule has 0 aromatic carbocycles. The lowest BCUT2D eigenvalue weighted by Crippen LogP contribution is -2.47. The number of hydrazine groups is 1. The van der Waals surface area contributed by atoms with Gasteiger partial charge in [-0.3, -0.25) is 5.43 Å². The SMILES string of the molecule is CC1CCCC(C)N1Nc1nc(Cl)nc(-n2cncn2)n1. The normalized spacial score (nSPS) is 23.2. The average molecular weight is 309 g/mol. The summed E-state index contributed by atoms with van der Waals surface area (Å²) in [4.78, 5) is 16.4. The van der Waals surface area contributed by atoms with E-state index in [2.05, 4.69) is 49.3 Å². The molecule has 0 radical (unpaired) electrons. The van der Waals surface area contributed by atoms with E-state index in [-0.39, 0.29) is 5.28 Å². The van der Waals surface area contributed by atoms with Gasteiger partial charge in [-0.15, -0.1) is 0 Å². The first kappa shape index (κ1) is 14.2. The van der Waals surface area contributed by atoms with Gasteiger partial charge >= 0.3 is 0 Å². The summed E-state index contributed by atoms with van der Waals surface area (Å²) in [6, 6.07) is 0.832. The fourth-order valence-electron chi connectivity index (χ4n) is 2.56. The molecule has 9 heteroatoms. The minimum absolute atomic E-state index is 0.121. The van der Waals surface area contributed by atoms with Crippen LogP contribution in [0.25, 0.3) is 5.95 Å². The second kappa shape index (κ2) is 5.90. The van der Waals surface area contributed by atoms with E-state index in [4.69, 9.17) is 11.6 Å². The highest BCUT2D eigenvalue weighted by atomic mass is 35.5. The van der Waals surface area contributed by atoms with E-state index < -0.39 is 0 Å². The maximum atomic E-state index is 5.98. The Hall–Kier alpha value is -1.80. The van der Waals surface area contributed by atoms with Crippen molar-refractivity contribution in [2.45, 2.75) is 45.2 Å². The lowest BCUT2D eigenvalue weighted by atomic mass is 10.00. The highest BCUT2D eigenvalue weighted by Crippen LogP contribution is 2.22. The molecule has 2 atom stereocenters. The molecule has 0 amide bonds. The molecule has 112 valence electrons. The minimum Gasteiger partial charge on any atom is -0.286 e. The quantitative estimate of drug-likeness (QED) is 0.923. The Morgan fingerprint density at radius 3 is 2.62 bits per heavy atom. The Labute approximate surface area is 127 Å². The van der Waals surface area contributed by atoms with Crippen LogP contribution in [0.5, 0.6) is 0 Å². The first-order valence-corrected chi connectivity index (χ1v) is 7.33. The zero-order chi connectivity index (χ0) is 14.8. The van der Waals surface area contributed by atoms with Crippen LogP contribution >= 0.6 is 11.6 Å². The molecule has 0 bridgehead atoms. The highest BCUT2D eigenvalue weighted by Gasteiger charge is 2.25. The van der Waals surface area contributed by atoms with E-state index >= 15 is 0 Å². The number of hydrogen-bond acceptors (Lipinski definition) is 7. The third kappa shape index (κ3) is 3.11. The molecule has 1 saturated heterocycles. The van der Waals surface area contributed by atoms with Crippen LogP contribution in [0, 0.1) is 0 Å². The lowest BCUT2D eigenvalue weighted by Gasteiger charge is -2.38. The molecule has 0 aliphatic carbocycles. The van der Waals surface area contributed by atoms with Crippen molar-refractivity contribution in [2.24, 2.45) is 0 Å². The summed E-state index contributed by atoms with van der Waals surface area (Å²) in [6.07, 6.45) is 6.46. The van der Waals surface area contributed by atoms with Gasteiger partial charge in [0.2, 0.25) is 11.2 Å². The van der Waals surface area contributed by atoms with E-state index in [1.165, 1.54) is 23.8 Å². The Morgan fingerprint density at radius 2 is 1.95 bits per heavy atom. The fraction of sp³-hybridized carbons (Fsp3) is 0.583. The van der Waals surface area contributed by atoms with Gasteiger partial charge in [0.1, 0.15) is 12.7 Å². The molecule has 1 N–H and O–H groups in total. The van der Waals surface area contributed by atoms with Crippen molar-refractivity contribution in [3.63, 3.8) is 0 Å². The van der Waals surface area contributed by atoms with Gasteiger partial charge < -0.3 is 0 Å². The highest BCUT2D eigenvalue weighted by molar-refractivity contribution is 6.28. The summed E-state index contributed by atoms with van der Waals surface area (Å²) in [5.74, 6) is 0.758. The van der Waals surface area contributed by atoms with Crippen LogP contribution in [0.1, 0.15) is 33.1 Å². The van der Waals surface area contributed by atoms with E-state index in [1.54, 1.807) is 0 Å². The Bertz CT molecular complexity index is 591. The Kier molecular flexibility index (Phi) is 3.98. The van der Waals surface area contributed by atoms with Gasteiger partial charge in [0.05, 0.1) is 0 Å². The van der Waals surface area contributed by atoms with Gasteiger partial charge in [-0.1, -0.05) is 6.42 Å². The minimum atomic E-state index is 0.121. The summed E-state index contributed by atoms with van der Waals surface area (Å²) in [5.41, 5.74) is 3.25. The molecule has 0 spiro atoms. The van der Waals surface area contributed by atoms with Crippen molar-refractivity contribution >= 4 is 17.5 Å². The summed E-state index contributed by atoms with van der Waals surface area (Å²) < 4.78 is 1.45. The third-order valence-corrected chi connectivity index (χ3v) is 3.81. The van der Waals surface area contributed by atoms with E-state index in [0.29, 0.717) is 24.0 Å². The molecule has 1 fully saturated rings. The molecule has 3 heterocycles. The summed E-state index contributed by atoms with van der Waals surface area (Å²) in [6.45, 7) is 4.37. The second-order valence-electron chi connectivity index (χ2n) is 5.22. The van der Waals surface area contributed by atoms with Gasteiger partial charge in [-0.05, 0) is 38.3 Å². The summed E-state index contributed by atoms with van der Waals surface area (Å²) >= 11 is 5.98. The number of hydrogen-bond donors (Lipinski definition) is 1. The van der Waals surface area contributed by atoms with Crippen molar-refractivity contribution in [1.29, 1.82) is 0 Å². The molecule has 2 aromatic heterocycles. The van der Waals surface area contributed by atoms with E-state index in [9.17, 15) is 0 Å². The van der Waals surface area contributed by atoms with Crippen molar-refractivity contribution in [1.82, 2.24) is 34.7 Å². The number of rotatable bonds is 3. The monoisotopic (exact) mass is 308 g/mol. The van der Waals surface area contributed by atoms with Crippen molar-refractivity contribution in [3.05, 3.63) is 17.9 Å². The number of anilines is 1. The molecular formula is C12H17ClN8. The van der Waals surface area contributed by atoms with E-state index in [1.807, 2.05) is 0 Å². The predicted molar refractivity (Wildman–Crippen MR) is 78.0 cm³/mol. The van der Waals surface area contributed by atoms with Crippen molar-refractivity contribution in [3.8, 4) is 5.95 Å². The van der Waals surface area contributed by atoms with Gasteiger partial charge in [0.15, 0.2) is 0 Å². The van der Waals surface area contributed by atoms with Gasteiger partial charge in [0, 0.05) is 12.1 Å². The molecule has 21 heavy (non-hydrogen) atoms. The van der Waals surface area contributed by atoms with Crippen LogP contribution < -0.4 is 5.43 Å². The van der Waals surface area contributed by atoms with E-state index in [0.717, 1.165) is 12.8 Å². The smallest absolute Gasteiger partial charge is 0.258 e. The topological polar surface area (TPSA) is 84.6 Å². The summed E-state index contributed by atoms with van der Waals surface area (Å²) in [7, 11) is 0. The molecular weight excluding hydrogens is 292 g/mol. The molecule has 3 rings (SSSR count). The molecule has 8 nitrogen and oxygen atoms in total. The van der Waals surface area contributed by atoms with Crippen LogP contribution in [0.4, 0.5) is 5.95 Å². The number of nitrogens with zero attached hydrogens (tertiary/aromatic N) is 7. The van der Waals surface area contributed by atoms with Gasteiger partial charge in [-0.2, -0.15) is 24.7 Å². The Balaban J connectivity index is 1.85. The maximum Gasteiger partial charge on any atom is 0.258 e.